The molecule has 0 aromatic carbocycles. The van der Waals surface area contributed by atoms with Crippen LogP contribution in [0.1, 0.15) is 43.2 Å². The molecule has 2 heterocycles. The molecule has 0 saturated carbocycles. The zero-order valence-electron chi connectivity index (χ0n) is 12.8. The summed E-state index contributed by atoms with van der Waals surface area (Å²) in [6.45, 7) is 5.89. The lowest BCUT2D eigenvalue weighted by atomic mass is 10.0. The van der Waals surface area contributed by atoms with Crippen molar-refractivity contribution in [3.8, 4) is 0 Å². The fraction of sp³-hybridized carbons (Fsp3) is 0.667. The lowest BCUT2D eigenvalue weighted by Crippen LogP contribution is -2.47. The summed E-state index contributed by atoms with van der Waals surface area (Å²) >= 11 is 3.48. The average molecular weight is 342 g/mol. The second-order valence-electron chi connectivity index (χ2n) is 6.06. The van der Waals surface area contributed by atoms with Gasteiger partial charge in [0.1, 0.15) is 5.69 Å². The molecule has 2 rings (SSSR count). The maximum atomic E-state index is 12.8. The fourth-order valence-corrected chi connectivity index (χ4v) is 3.20. The van der Waals surface area contributed by atoms with E-state index in [1.807, 2.05) is 21.7 Å². The number of halogens is 1. The molecule has 0 radical (unpaired) electrons. The average Bonchev–Trinajstić information content (AvgIpc) is 2.80. The van der Waals surface area contributed by atoms with Crippen molar-refractivity contribution >= 4 is 21.8 Å². The van der Waals surface area contributed by atoms with Crippen LogP contribution in [-0.4, -0.2) is 53.5 Å². The first-order valence-electron chi connectivity index (χ1n) is 7.23. The summed E-state index contributed by atoms with van der Waals surface area (Å²) in [6, 6.07) is 2.69. The van der Waals surface area contributed by atoms with E-state index in [2.05, 4.69) is 48.8 Å². The molecule has 1 aliphatic heterocycles. The number of hydrogen-bond donors (Lipinski definition) is 0. The van der Waals surface area contributed by atoms with Crippen LogP contribution in [0.2, 0.25) is 0 Å². The molecule has 4 nitrogen and oxygen atoms in total. The molecule has 1 aromatic heterocycles. The van der Waals surface area contributed by atoms with Gasteiger partial charge in [-0.15, -0.1) is 0 Å². The summed E-state index contributed by atoms with van der Waals surface area (Å²) in [7, 11) is 4.18. The van der Waals surface area contributed by atoms with Crippen molar-refractivity contribution < 1.29 is 4.79 Å². The molecule has 1 aromatic rings. The molecule has 1 atom stereocenters. The van der Waals surface area contributed by atoms with Crippen molar-refractivity contribution in [3.05, 3.63) is 22.4 Å². The second kappa shape index (κ2) is 6.31. The van der Waals surface area contributed by atoms with E-state index in [-0.39, 0.29) is 11.9 Å². The van der Waals surface area contributed by atoms with Crippen LogP contribution in [-0.2, 0) is 0 Å². The van der Waals surface area contributed by atoms with Crippen LogP contribution >= 0.6 is 15.9 Å². The van der Waals surface area contributed by atoms with Gasteiger partial charge in [-0.3, -0.25) is 4.79 Å². The van der Waals surface area contributed by atoms with Gasteiger partial charge in [0.15, 0.2) is 0 Å². The third-order valence-electron chi connectivity index (χ3n) is 4.00. The Morgan fingerprint density at radius 2 is 2.15 bits per heavy atom. The van der Waals surface area contributed by atoms with Gasteiger partial charge in [0.05, 0.1) is 0 Å². The smallest absolute Gasteiger partial charge is 0.270 e. The van der Waals surface area contributed by atoms with E-state index in [1.54, 1.807) is 0 Å². The van der Waals surface area contributed by atoms with Gasteiger partial charge in [0.25, 0.3) is 5.91 Å². The van der Waals surface area contributed by atoms with Crippen molar-refractivity contribution in [2.45, 2.75) is 38.8 Å². The Bertz CT molecular complexity index is 481. The van der Waals surface area contributed by atoms with Crippen molar-refractivity contribution in [1.82, 2.24) is 14.4 Å². The Hall–Kier alpha value is -0.810. The highest BCUT2D eigenvalue weighted by molar-refractivity contribution is 9.10. The van der Waals surface area contributed by atoms with E-state index in [0.717, 1.165) is 29.7 Å². The van der Waals surface area contributed by atoms with Crippen LogP contribution in [0.5, 0.6) is 0 Å². The molecule has 1 amide bonds. The van der Waals surface area contributed by atoms with E-state index in [0.29, 0.717) is 6.04 Å². The quantitative estimate of drug-likeness (QED) is 0.845. The predicted octanol–water partition coefficient (Wildman–Crippen LogP) is 3.00. The van der Waals surface area contributed by atoms with Crippen LogP contribution in [0.15, 0.2) is 16.7 Å². The molecule has 112 valence electrons. The fourth-order valence-electron chi connectivity index (χ4n) is 2.77. The van der Waals surface area contributed by atoms with Crippen molar-refractivity contribution in [1.29, 1.82) is 0 Å². The van der Waals surface area contributed by atoms with Crippen LogP contribution < -0.4 is 0 Å². The second-order valence-corrected chi connectivity index (χ2v) is 6.97. The van der Waals surface area contributed by atoms with Gasteiger partial charge in [-0.2, -0.15) is 0 Å². The molecule has 1 unspecified atom stereocenters. The lowest BCUT2D eigenvalue weighted by Gasteiger charge is -2.36. The van der Waals surface area contributed by atoms with E-state index < -0.39 is 0 Å². The zero-order chi connectivity index (χ0) is 14.9. The van der Waals surface area contributed by atoms with Gasteiger partial charge < -0.3 is 14.4 Å². The molecule has 0 aliphatic carbocycles. The largest absolute Gasteiger partial charge is 0.340 e. The van der Waals surface area contributed by atoms with Crippen molar-refractivity contribution in [2.24, 2.45) is 0 Å². The minimum Gasteiger partial charge on any atom is -0.340 e. The molecule has 1 fully saturated rings. The Morgan fingerprint density at radius 1 is 1.45 bits per heavy atom. The number of carbonyl (C=O) groups is 1. The minimum absolute atomic E-state index is 0.149. The van der Waals surface area contributed by atoms with Crippen molar-refractivity contribution in [2.75, 3.05) is 27.2 Å². The maximum absolute atomic E-state index is 12.8. The predicted molar refractivity (Wildman–Crippen MR) is 85.1 cm³/mol. The van der Waals surface area contributed by atoms with Gasteiger partial charge in [0.2, 0.25) is 0 Å². The third kappa shape index (κ3) is 3.26. The summed E-state index contributed by atoms with van der Waals surface area (Å²) < 4.78 is 3.02. The molecule has 0 N–H and O–H groups in total. The normalized spacial score (nSPS) is 19.9. The zero-order valence-corrected chi connectivity index (χ0v) is 14.4. The Kier molecular flexibility index (Phi) is 4.91. The van der Waals surface area contributed by atoms with E-state index >= 15 is 0 Å². The van der Waals surface area contributed by atoms with Gasteiger partial charge in [-0.25, -0.2) is 0 Å². The van der Waals surface area contributed by atoms with Crippen LogP contribution in [0.25, 0.3) is 0 Å². The van der Waals surface area contributed by atoms with E-state index in [4.69, 9.17) is 0 Å². The van der Waals surface area contributed by atoms with E-state index in [9.17, 15) is 4.79 Å². The SMILES string of the molecule is CC(C)n1cc(Br)cc1C(=O)N1CCCC(N(C)C)C1. The topological polar surface area (TPSA) is 28.5 Å². The Morgan fingerprint density at radius 3 is 2.75 bits per heavy atom. The number of nitrogens with zero attached hydrogens (tertiary/aromatic N) is 3. The monoisotopic (exact) mass is 341 g/mol. The van der Waals surface area contributed by atoms with Crippen LogP contribution in [0.4, 0.5) is 0 Å². The summed E-state index contributed by atoms with van der Waals surface area (Å²) in [6.07, 6.45) is 4.25. The highest BCUT2D eigenvalue weighted by Crippen LogP contribution is 2.23. The highest BCUT2D eigenvalue weighted by atomic mass is 79.9. The number of rotatable bonds is 3. The van der Waals surface area contributed by atoms with Crippen LogP contribution in [0.3, 0.4) is 0 Å². The first-order chi connectivity index (χ1) is 9.40. The molecule has 5 heteroatoms. The standard InChI is InChI=1S/C15H24BrN3O/c1-11(2)19-9-12(16)8-14(19)15(20)18-7-5-6-13(10-18)17(3)4/h8-9,11,13H,5-7,10H2,1-4H3. The Labute approximate surface area is 129 Å². The number of aromatic nitrogens is 1. The summed E-state index contributed by atoms with van der Waals surface area (Å²) in [4.78, 5) is 17.0. The van der Waals surface area contributed by atoms with Crippen molar-refractivity contribution in [3.63, 3.8) is 0 Å². The van der Waals surface area contributed by atoms with Gasteiger partial charge in [-0.05, 0) is 62.8 Å². The van der Waals surface area contributed by atoms with Crippen LogP contribution in [0, 0.1) is 0 Å². The Balaban J connectivity index is 2.19. The molecule has 0 spiro atoms. The van der Waals surface area contributed by atoms with Gasteiger partial charge in [0, 0.05) is 35.8 Å². The molecule has 20 heavy (non-hydrogen) atoms. The molecule has 0 bridgehead atoms. The molecular formula is C15H24BrN3O. The number of likely N-dealkylation sites (tertiary alicyclic amines) is 1. The highest BCUT2D eigenvalue weighted by Gasteiger charge is 2.27. The first-order valence-corrected chi connectivity index (χ1v) is 8.02. The maximum Gasteiger partial charge on any atom is 0.270 e. The summed E-state index contributed by atoms with van der Waals surface area (Å²) in [5.74, 6) is 0.149. The number of piperidine rings is 1. The number of hydrogen-bond acceptors (Lipinski definition) is 2. The summed E-state index contributed by atoms with van der Waals surface area (Å²) in [5, 5.41) is 0. The third-order valence-corrected chi connectivity index (χ3v) is 4.44. The van der Waals surface area contributed by atoms with Gasteiger partial charge in [-0.1, -0.05) is 0 Å². The summed E-state index contributed by atoms with van der Waals surface area (Å²) in [5.41, 5.74) is 0.784. The molecule has 1 aliphatic rings. The van der Waals surface area contributed by atoms with Gasteiger partial charge >= 0.3 is 0 Å². The first kappa shape index (κ1) is 15.6. The number of likely N-dealkylation sites (N-methyl/N-ethyl adjacent to an activating group) is 1. The lowest BCUT2D eigenvalue weighted by molar-refractivity contribution is 0.0623. The molecule has 1 saturated heterocycles. The molecular weight excluding hydrogens is 318 g/mol. The number of amides is 1. The van der Waals surface area contributed by atoms with E-state index in [1.165, 1.54) is 6.42 Å². The minimum atomic E-state index is 0.149. The number of carbonyl (C=O) groups excluding carboxylic acids is 1.